The summed E-state index contributed by atoms with van der Waals surface area (Å²) in [7, 11) is 1.52. The van der Waals surface area contributed by atoms with Crippen LogP contribution in [-0.4, -0.2) is 54.1 Å². The number of nitrogens with zero attached hydrogens (tertiary/aromatic N) is 3. The first-order chi connectivity index (χ1) is 12.5. The molecule has 3 N–H and O–H groups in total. The minimum atomic E-state index is 0.0337. The number of aryl methyl sites for hydroxylation is 1. The molecule has 26 heavy (non-hydrogen) atoms. The maximum Gasteiger partial charge on any atom is 0.225 e. The van der Waals surface area contributed by atoms with Crippen LogP contribution in [0.1, 0.15) is 18.3 Å². The molecular weight excluding hydrogens is 356 g/mol. The Morgan fingerprint density at radius 1 is 1.27 bits per heavy atom. The van der Waals surface area contributed by atoms with E-state index in [0.29, 0.717) is 42.8 Å². The minimum absolute atomic E-state index is 0.0337. The fourth-order valence-corrected chi connectivity index (χ4v) is 2.42. The normalized spacial score (nSPS) is 10.6. The second-order valence-corrected chi connectivity index (χ2v) is 5.73. The minimum Gasteiger partial charge on any atom is -0.380 e. The predicted molar refractivity (Wildman–Crippen MR) is 103 cm³/mol. The van der Waals surface area contributed by atoms with Gasteiger partial charge in [0.15, 0.2) is 5.82 Å². The fourth-order valence-electron chi connectivity index (χ4n) is 2.25. The lowest BCUT2D eigenvalue weighted by atomic mass is 10.2. The molecule has 0 radical (unpaired) electrons. The highest BCUT2D eigenvalue weighted by molar-refractivity contribution is 6.28. The first kappa shape index (κ1) is 20.0. The number of ether oxygens (including phenoxy) is 2. The molecule has 0 bridgehead atoms. The summed E-state index contributed by atoms with van der Waals surface area (Å²) in [6.45, 7) is 5.61. The molecule has 2 aromatic heterocycles. The summed E-state index contributed by atoms with van der Waals surface area (Å²) in [5, 5.41) is 14.6. The molecular formula is C17H23ClN6O2. The Balaban J connectivity index is 2.37. The third kappa shape index (κ3) is 5.62. The first-order valence-electron chi connectivity index (χ1n) is 8.21. The van der Waals surface area contributed by atoms with Crippen molar-refractivity contribution in [1.29, 1.82) is 5.41 Å². The quantitative estimate of drug-likeness (QED) is 0.331. The van der Waals surface area contributed by atoms with E-state index in [2.05, 4.69) is 25.6 Å². The van der Waals surface area contributed by atoms with Gasteiger partial charge in [0.05, 0.1) is 18.9 Å². The number of anilines is 3. The molecule has 8 nitrogen and oxygen atoms in total. The van der Waals surface area contributed by atoms with Gasteiger partial charge in [0.1, 0.15) is 17.2 Å². The highest BCUT2D eigenvalue weighted by Crippen LogP contribution is 2.27. The van der Waals surface area contributed by atoms with E-state index < -0.39 is 0 Å². The average molecular weight is 379 g/mol. The smallest absolute Gasteiger partial charge is 0.225 e. The lowest BCUT2D eigenvalue weighted by Crippen LogP contribution is -2.18. The van der Waals surface area contributed by atoms with Gasteiger partial charge in [-0.1, -0.05) is 6.07 Å². The van der Waals surface area contributed by atoms with E-state index in [1.807, 2.05) is 32.0 Å². The lowest BCUT2D eigenvalue weighted by Gasteiger charge is -2.17. The van der Waals surface area contributed by atoms with Crippen LogP contribution in [0, 0.1) is 12.3 Å². The Hall–Kier alpha value is -2.29. The lowest BCUT2D eigenvalue weighted by molar-refractivity contribution is 0.158. The van der Waals surface area contributed by atoms with Crippen molar-refractivity contribution in [3.63, 3.8) is 0 Å². The van der Waals surface area contributed by atoms with E-state index in [1.54, 1.807) is 0 Å². The standard InChI is InChI=1S/C17H23ClN6O2/c1-4-26-9-8-20-15-14(12(19)10-25-3)23-17(18)24-16(15)22-13-7-5-6-11(2)21-13/h5-7,19-20H,4,8-10H2,1-3H3,(H,21,22,23,24). The Labute approximate surface area is 157 Å². The van der Waals surface area contributed by atoms with Gasteiger partial charge in [-0.3, -0.25) is 0 Å². The molecule has 0 fully saturated rings. The van der Waals surface area contributed by atoms with Crippen LogP contribution >= 0.6 is 11.6 Å². The Morgan fingerprint density at radius 2 is 2.08 bits per heavy atom. The molecule has 9 heteroatoms. The molecule has 140 valence electrons. The van der Waals surface area contributed by atoms with Crippen molar-refractivity contribution >= 4 is 34.6 Å². The number of hydrogen-bond acceptors (Lipinski definition) is 8. The number of nitrogens with one attached hydrogen (secondary N) is 3. The highest BCUT2D eigenvalue weighted by Gasteiger charge is 2.18. The van der Waals surface area contributed by atoms with E-state index in [1.165, 1.54) is 7.11 Å². The molecule has 0 saturated carbocycles. The number of methoxy groups -OCH3 is 1. The van der Waals surface area contributed by atoms with Crippen LogP contribution in [-0.2, 0) is 9.47 Å². The zero-order chi connectivity index (χ0) is 18.9. The van der Waals surface area contributed by atoms with Crippen LogP contribution < -0.4 is 10.6 Å². The van der Waals surface area contributed by atoms with Crippen molar-refractivity contribution < 1.29 is 9.47 Å². The summed E-state index contributed by atoms with van der Waals surface area (Å²) < 4.78 is 10.4. The molecule has 0 aliphatic carbocycles. The maximum atomic E-state index is 8.21. The van der Waals surface area contributed by atoms with Crippen LogP contribution in [0.2, 0.25) is 5.28 Å². The summed E-state index contributed by atoms with van der Waals surface area (Å²) in [6.07, 6.45) is 0. The Morgan fingerprint density at radius 3 is 2.77 bits per heavy atom. The van der Waals surface area contributed by atoms with Crippen molar-refractivity contribution in [2.24, 2.45) is 0 Å². The third-order valence-corrected chi connectivity index (χ3v) is 3.51. The highest BCUT2D eigenvalue weighted by atomic mass is 35.5. The number of aromatic nitrogens is 3. The number of halogens is 1. The molecule has 2 rings (SSSR count). The molecule has 2 aromatic rings. The van der Waals surface area contributed by atoms with Gasteiger partial charge in [0.25, 0.3) is 0 Å². The predicted octanol–water partition coefficient (Wildman–Crippen LogP) is 3.04. The van der Waals surface area contributed by atoms with E-state index in [-0.39, 0.29) is 17.6 Å². The Bertz CT molecular complexity index is 756. The van der Waals surface area contributed by atoms with Crippen molar-refractivity contribution in [3.05, 3.63) is 34.9 Å². The van der Waals surface area contributed by atoms with Crippen LogP contribution in [0.15, 0.2) is 18.2 Å². The van der Waals surface area contributed by atoms with Gasteiger partial charge in [0.2, 0.25) is 5.28 Å². The van der Waals surface area contributed by atoms with Gasteiger partial charge in [-0.15, -0.1) is 0 Å². The summed E-state index contributed by atoms with van der Waals surface area (Å²) in [4.78, 5) is 12.9. The van der Waals surface area contributed by atoms with E-state index >= 15 is 0 Å². The Kier molecular flexibility index (Phi) is 7.71. The maximum absolute atomic E-state index is 8.21. The van der Waals surface area contributed by atoms with Crippen molar-refractivity contribution in [2.75, 3.05) is 44.1 Å². The summed E-state index contributed by atoms with van der Waals surface area (Å²) in [5.41, 5.74) is 1.99. The SMILES string of the molecule is CCOCCNc1c(Nc2cccc(C)n2)nc(Cl)nc1C(=N)COC. The molecule has 0 atom stereocenters. The third-order valence-electron chi connectivity index (χ3n) is 3.34. The van der Waals surface area contributed by atoms with Gasteiger partial charge >= 0.3 is 0 Å². The van der Waals surface area contributed by atoms with E-state index in [4.69, 9.17) is 26.5 Å². The van der Waals surface area contributed by atoms with E-state index in [9.17, 15) is 0 Å². The van der Waals surface area contributed by atoms with Crippen LogP contribution in [0.3, 0.4) is 0 Å². The number of hydrogen-bond donors (Lipinski definition) is 3. The van der Waals surface area contributed by atoms with Crippen LogP contribution in [0.25, 0.3) is 0 Å². The molecule has 0 aliphatic heterocycles. The molecule has 2 heterocycles. The van der Waals surface area contributed by atoms with Crippen molar-refractivity contribution in [3.8, 4) is 0 Å². The zero-order valence-electron chi connectivity index (χ0n) is 15.1. The fraction of sp³-hybridized carbons (Fsp3) is 0.412. The topological polar surface area (TPSA) is 105 Å². The summed E-state index contributed by atoms with van der Waals surface area (Å²) in [5.74, 6) is 1.06. The summed E-state index contributed by atoms with van der Waals surface area (Å²) in [6, 6.07) is 5.62. The molecule has 0 spiro atoms. The average Bonchev–Trinajstić information content (AvgIpc) is 2.60. The second-order valence-electron chi connectivity index (χ2n) is 5.39. The molecule has 0 aliphatic rings. The second kappa shape index (κ2) is 10.0. The van der Waals surface area contributed by atoms with Gasteiger partial charge < -0.3 is 25.5 Å². The van der Waals surface area contributed by atoms with E-state index in [0.717, 1.165) is 5.69 Å². The number of rotatable bonds is 10. The van der Waals surface area contributed by atoms with Gasteiger partial charge in [0, 0.05) is 26.0 Å². The van der Waals surface area contributed by atoms with Crippen LogP contribution in [0.4, 0.5) is 17.3 Å². The van der Waals surface area contributed by atoms with Crippen molar-refractivity contribution in [1.82, 2.24) is 15.0 Å². The molecule has 0 amide bonds. The van der Waals surface area contributed by atoms with Crippen LogP contribution in [0.5, 0.6) is 0 Å². The largest absolute Gasteiger partial charge is 0.380 e. The first-order valence-corrected chi connectivity index (χ1v) is 8.59. The molecule has 0 unspecified atom stereocenters. The van der Waals surface area contributed by atoms with Gasteiger partial charge in [-0.2, -0.15) is 4.98 Å². The zero-order valence-corrected chi connectivity index (χ0v) is 15.9. The molecule has 0 aromatic carbocycles. The summed E-state index contributed by atoms with van der Waals surface area (Å²) >= 11 is 6.07. The van der Waals surface area contributed by atoms with Crippen molar-refractivity contribution in [2.45, 2.75) is 13.8 Å². The monoisotopic (exact) mass is 378 g/mol. The number of pyridine rings is 1. The van der Waals surface area contributed by atoms with Gasteiger partial charge in [-0.05, 0) is 37.6 Å². The molecule has 0 saturated heterocycles. The van der Waals surface area contributed by atoms with Gasteiger partial charge in [-0.25, -0.2) is 9.97 Å².